The van der Waals surface area contributed by atoms with E-state index in [2.05, 4.69) is 20.5 Å². The van der Waals surface area contributed by atoms with E-state index in [0.717, 1.165) is 12.4 Å². The molecule has 0 aromatic carbocycles. The highest BCUT2D eigenvalue weighted by Crippen LogP contribution is 2.12. The van der Waals surface area contributed by atoms with Gasteiger partial charge in [0.1, 0.15) is 0 Å². The monoisotopic (exact) mass is 234 g/mol. The standard InChI is InChI=1S/C9H14N8/c1-2-16(4-3-7(10)11)9-6-12-5-8-13-14-15-17(8)9/h5-6H,2-4H2,1H3,(H3,10,11). The van der Waals surface area contributed by atoms with Gasteiger partial charge in [0.15, 0.2) is 11.5 Å². The Morgan fingerprint density at radius 3 is 3.06 bits per heavy atom. The highest BCUT2D eigenvalue weighted by atomic mass is 15.5. The molecule has 0 aliphatic carbocycles. The van der Waals surface area contributed by atoms with Crippen LogP contribution in [-0.4, -0.2) is 43.9 Å². The molecule has 0 fully saturated rings. The molecule has 3 N–H and O–H groups in total. The number of tetrazole rings is 1. The van der Waals surface area contributed by atoms with E-state index >= 15 is 0 Å². The number of hydrogen-bond acceptors (Lipinski definition) is 6. The van der Waals surface area contributed by atoms with E-state index in [4.69, 9.17) is 11.1 Å². The van der Waals surface area contributed by atoms with Crippen molar-refractivity contribution >= 4 is 17.3 Å². The molecule has 0 saturated carbocycles. The highest BCUT2D eigenvalue weighted by molar-refractivity contribution is 5.77. The zero-order chi connectivity index (χ0) is 12.3. The summed E-state index contributed by atoms with van der Waals surface area (Å²) in [4.78, 5) is 6.12. The molecule has 2 rings (SSSR count). The highest BCUT2D eigenvalue weighted by Gasteiger charge is 2.11. The molecule has 17 heavy (non-hydrogen) atoms. The third kappa shape index (κ3) is 2.30. The minimum absolute atomic E-state index is 0.167. The molecule has 0 aliphatic heterocycles. The van der Waals surface area contributed by atoms with Gasteiger partial charge < -0.3 is 10.6 Å². The number of anilines is 1. The van der Waals surface area contributed by atoms with E-state index in [9.17, 15) is 0 Å². The number of nitrogens with two attached hydrogens (primary N) is 1. The molecule has 0 radical (unpaired) electrons. The summed E-state index contributed by atoms with van der Waals surface area (Å²) >= 11 is 0. The molecule has 0 atom stereocenters. The van der Waals surface area contributed by atoms with Crippen LogP contribution in [0.3, 0.4) is 0 Å². The minimum Gasteiger partial charge on any atom is -0.388 e. The van der Waals surface area contributed by atoms with E-state index in [1.165, 1.54) is 0 Å². The number of fused-ring (bicyclic) bond motifs is 1. The van der Waals surface area contributed by atoms with Crippen LogP contribution in [0.15, 0.2) is 12.4 Å². The van der Waals surface area contributed by atoms with Crippen molar-refractivity contribution in [3.05, 3.63) is 12.4 Å². The van der Waals surface area contributed by atoms with Crippen molar-refractivity contribution in [1.82, 2.24) is 25.0 Å². The summed E-state index contributed by atoms with van der Waals surface area (Å²) < 4.78 is 1.62. The van der Waals surface area contributed by atoms with Crippen molar-refractivity contribution in [3.8, 4) is 0 Å². The lowest BCUT2D eigenvalue weighted by molar-refractivity contribution is 0.753. The number of amidine groups is 1. The molecule has 0 amide bonds. The SMILES string of the molecule is CCN(CCC(=N)N)c1cncc2nnnn12. The molecule has 0 unspecified atom stereocenters. The van der Waals surface area contributed by atoms with E-state index in [0.29, 0.717) is 18.6 Å². The van der Waals surface area contributed by atoms with Crippen LogP contribution in [0.5, 0.6) is 0 Å². The fraction of sp³-hybridized carbons (Fsp3) is 0.444. The van der Waals surface area contributed by atoms with Gasteiger partial charge in [-0.2, -0.15) is 4.52 Å². The topological polar surface area (TPSA) is 109 Å². The summed E-state index contributed by atoms with van der Waals surface area (Å²) in [5.74, 6) is 0.969. The first-order chi connectivity index (χ1) is 8.22. The molecule has 2 aromatic heterocycles. The van der Waals surface area contributed by atoms with Crippen LogP contribution < -0.4 is 10.6 Å². The smallest absolute Gasteiger partial charge is 0.199 e. The van der Waals surface area contributed by atoms with Crippen LogP contribution in [0.4, 0.5) is 5.82 Å². The first-order valence-electron chi connectivity index (χ1n) is 5.32. The Kier molecular flexibility index (Phi) is 3.12. The van der Waals surface area contributed by atoms with E-state index in [-0.39, 0.29) is 5.84 Å². The van der Waals surface area contributed by atoms with Crippen LogP contribution >= 0.6 is 0 Å². The van der Waals surface area contributed by atoms with Crippen molar-refractivity contribution in [1.29, 1.82) is 5.41 Å². The molecule has 0 bridgehead atoms. The van der Waals surface area contributed by atoms with Gasteiger partial charge in [0.05, 0.1) is 18.2 Å². The Labute approximate surface area is 97.9 Å². The van der Waals surface area contributed by atoms with Gasteiger partial charge in [0.25, 0.3) is 0 Å². The lowest BCUT2D eigenvalue weighted by atomic mass is 10.3. The Morgan fingerprint density at radius 1 is 1.53 bits per heavy atom. The van der Waals surface area contributed by atoms with E-state index in [1.54, 1.807) is 16.9 Å². The van der Waals surface area contributed by atoms with E-state index < -0.39 is 0 Å². The summed E-state index contributed by atoms with van der Waals surface area (Å²) in [6.45, 7) is 3.43. The van der Waals surface area contributed by atoms with Crippen molar-refractivity contribution in [2.75, 3.05) is 18.0 Å². The van der Waals surface area contributed by atoms with Gasteiger partial charge in [-0.1, -0.05) is 0 Å². The van der Waals surface area contributed by atoms with Gasteiger partial charge in [0, 0.05) is 19.5 Å². The Morgan fingerprint density at radius 2 is 2.35 bits per heavy atom. The Hall–Kier alpha value is -2.25. The molecular weight excluding hydrogens is 220 g/mol. The van der Waals surface area contributed by atoms with Crippen LogP contribution in [0, 0.1) is 5.41 Å². The summed E-state index contributed by atoms with van der Waals surface area (Å²) in [6, 6.07) is 0. The van der Waals surface area contributed by atoms with Crippen LogP contribution in [0.25, 0.3) is 5.65 Å². The lowest BCUT2D eigenvalue weighted by Gasteiger charge is -2.22. The van der Waals surface area contributed by atoms with Crippen LogP contribution in [0.1, 0.15) is 13.3 Å². The predicted molar refractivity (Wildman–Crippen MR) is 63.0 cm³/mol. The third-order valence-corrected chi connectivity index (χ3v) is 2.45. The summed E-state index contributed by atoms with van der Waals surface area (Å²) in [5.41, 5.74) is 5.96. The summed E-state index contributed by atoms with van der Waals surface area (Å²) in [5, 5.41) is 18.6. The van der Waals surface area contributed by atoms with Crippen molar-refractivity contribution < 1.29 is 0 Å². The van der Waals surface area contributed by atoms with Gasteiger partial charge in [-0.15, -0.1) is 5.10 Å². The molecule has 90 valence electrons. The van der Waals surface area contributed by atoms with Crippen molar-refractivity contribution in [2.45, 2.75) is 13.3 Å². The maximum absolute atomic E-state index is 7.25. The predicted octanol–water partition coefficient (Wildman–Crippen LogP) is -0.328. The zero-order valence-electron chi connectivity index (χ0n) is 9.54. The molecule has 0 aliphatic rings. The largest absolute Gasteiger partial charge is 0.388 e. The quantitative estimate of drug-likeness (QED) is 0.541. The number of nitrogens with zero attached hydrogens (tertiary/aromatic N) is 6. The number of hydrogen-bond donors (Lipinski definition) is 2. The van der Waals surface area contributed by atoms with Gasteiger partial charge in [0.2, 0.25) is 0 Å². The average molecular weight is 234 g/mol. The van der Waals surface area contributed by atoms with Crippen molar-refractivity contribution in [3.63, 3.8) is 0 Å². The summed E-state index contributed by atoms with van der Waals surface area (Å²) in [7, 11) is 0. The average Bonchev–Trinajstić information content (AvgIpc) is 2.78. The fourth-order valence-electron chi connectivity index (χ4n) is 1.57. The number of nitrogens with one attached hydrogen (secondary N) is 1. The van der Waals surface area contributed by atoms with Gasteiger partial charge in [-0.3, -0.25) is 10.4 Å². The molecule has 8 heteroatoms. The first-order valence-corrected chi connectivity index (χ1v) is 5.32. The maximum Gasteiger partial charge on any atom is 0.199 e. The first kappa shape index (κ1) is 11.2. The summed E-state index contributed by atoms with van der Waals surface area (Å²) in [6.07, 6.45) is 3.81. The number of aromatic nitrogens is 5. The van der Waals surface area contributed by atoms with E-state index in [1.807, 2.05) is 11.8 Å². The Bertz CT molecular complexity index is 518. The molecular formula is C9H14N8. The van der Waals surface area contributed by atoms with Gasteiger partial charge >= 0.3 is 0 Å². The number of rotatable bonds is 5. The van der Waals surface area contributed by atoms with Gasteiger partial charge in [-0.25, -0.2) is 0 Å². The molecule has 0 spiro atoms. The molecule has 2 heterocycles. The molecule has 0 saturated heterocycles. The fourth-order valence-corrected chi connectivity index (χ4v) is 1.57. The van der Waals surface area contributed by atoms with Gasteiger partial charge in [-0.05, 0) is 17.4 Å². The van der Waals surface area contributed by atoms with Crippen LogP contribution in [0.2, 0.25) is 0 Å². The molecule has 2 aromatic rings. The third-order valence-electron chi connectivity index (χ3n) is 2.45. The molecule has 8 nitrogen and oxygen atoms in total. The zero-order valence-corrected chi connectivity index (χ0v) is 9.54. The van der Waals surface area contributed by atoms with Crippen molar-refractivity contribution in [2.24, 2.45) is 5.73 Å². The normalized spacial score (nSPS) is 10.6. The Balaban J connectivity index is 2.29. The lowest BCUT2D eigenvalue weighted by Crippen LogP contribution is -2.29. The van der Waals surface area contributed by atoms with Crippen LogP contribution in [-0.2, 0) is 0 Å². The maximum atomic E-state index is 7.25. The minimum atomic E-state index is 0.167. The second-order valence-electron chi connectivity index (χ2n) is 3.57. The second kappa shape index (κ2) is 4.73. The second-order valence-corrected chi connectivity index (χ2v) is 3.57.